The minimum atomic E-state index is -1.31. The Morgan fingerprint density at radius 2 is 1.72 bits per heavy atom. The van der Waals surface area contributed by atoms with Crippen molar-refractivity contribution in [1.29, 1.82) is 0 Å². The molecule has 0 spiro atoms. The van der Waals surface area contributed by atoms with E-state index in [0.717, 1.165) is 15.7 Å². The van der Waals surface area contributed by atoms with Gasteiger partial charge in [-0.25, -0.2) is 9.18 Å². The van der Waals surface area contributed by atoms with Gasteiger partial charge in [0.1, 0.15) is 17.9 Å². The molecule has 0 unspecified atom stereocenters. The molecule has 1 heterocycles. The molecule has 0 bridgehead atoms. The average Bonchev–Trinajstić information content (AvgIpc) is 3.10. The maximum absolute atomic E-state index is 13.3. The van der Waals surface area contributed by atoms with Crippen molar-refractivity contribution in [3.05, 3.63) is 83.7 Å². The summed E-state index contributed by atoms with van der Waals surface area (Å²) in [4.78, 5) is 53.5. The van der Waals surface area contributed by atoms with Crippen LogP contribution in [0, 0.1) is 5.82 Å². The monoisotopic (exact) mass is 490 g/mol. The summed E-state index contributed by atoms with van der Waals surface area (Å²) in [5, 5.41) is 7.33. The number of nitrogens with one attached hydrogen (secondary N) is 2. The molecule has 5 amide bonds. The van der Waals surface area contributed by atoms with Crippen LogP contribution in [0.5, 0.6) is 0 Å². The first-order chi connectivity index (χ1) is 17.2. The summed E-state index contributed by atoms with van der Waals surface area (Å²) in [5.74, 6) is -1.84. The van der Waals surface area contributed by atoms with Crippen molar-refractivity contribution in [2.24, 2.45) is 0 Å². The van der Waals surface area contributed by atoms with Gasteiger partial charge < -0.3 is 15.5 Å². The Morgan fingerprint density at radius 3 is 2.42 bits per heavy atom. The van der Waals surface area contributed by atoms with Crippen molar-refractivity contribution in [3.8, 4) is 0 Å². The van der Waals surface area contributed by atoms with Crippen LogP contribution in [-0.2, 0) is 26.5 Å². The van der Waals surface area contributed by atoms with Crippen LogP contribution in [0.4, 0.5) is 9.18 Å². The molecular weight excluding hydrogens is 463 g/mol. The lowest BCUT2D eigenvalue weighted by atomic mass is 9.90. The normalized spacial score (nSPS) is 17.2. The predicted octanol–water partition coefficient (Wildman–Crippen LogP) is 2.91. The number of likely N-dealkylation sites (N-methyl/N-ethyl adjacent to an activating group) is 1. The van der Waals surface area contributed by atoms with Gasteiger partial charge in [0.25, 0.3) is 5.91 Å². The number of urea groups is 1. The highest BCUT2D eigenvalue weighted by molar-refractivity contribution is 6.09. The fourth-order valence-electron chi connectivity index (χ4n) is 4.18. The Bertz CT molecular complexity index is 1330. The molecule has 1 atom stereocenters. The Balaban J connectivity index is 1.40. The van der Waals surface area contributed by atoms with Crippen molar-refractivity contribution in [2.45, 2.75) is 25.9 Å². The molecule has 1 saturated heterocycles. The van der Waals surface area contributed by atoms with E-state index in [0.29, 0.717) is 11.1 Å². The third-order valence-corrected chi connectivity index (χ3v) is 6.37. The Morgan fingerprint density at radius 1 is 1.03 bits per heavy atom. The van der Waals surface area contributed by atoms with Gasteiger partial charge in [0, 0.05) is 13.1 Å². The van der Waals surface area contributed by atoms with Crippen molar-refractivity contribution in [3.63, 3.8) is 0 Å². The number of fused-ring (bicyclic) bond motifs is 1. The van der Waals surface area contributed by atoms with Gasteiger partial charge in [-0.1, -0.05) is 48.5 Å². The van der Waals surface area contributed by atoms with Gasteiger partial charge in [0.05, 0.1) is 6.54 Å². The molecule has 1 fully saturated rings. The van der Waals surface area contributed by atoms with Crippen LogP contribution in [0.1, 0.15) is 25.0 Å². The van der Waals surface area contributed by atoms with E-state index in [1.165, 1.54) is 17.0 Å². The molecule has 3 aromatic rings. The maximum atomic E-state index is 13.3. The van der Waals surface area contributed by atoms with Crippen LogP contribution >= 0.6 is 0 Å². The summed E-state index contributed by atoms with van der Waals surface area (Å²) >= 11 is 0. The number of benzene rings is 3. The number of hydrogen-bond acceptors (Lipinski definition) is 4. The number of halogens is 1. The summed E-state index contributed by atoms with van der Waals surface area (Å²) < 4.78 is 13.0. The molecule has 1 aliphatic heterocycles. The van der Waals surface area contributed by atoms with Crippen molar-refractivity contribution in [1.82, 2.24) is 20.4 Å². The van der Waals surface area contributed by atoms with Crippen LogP contribution in [0.15, 0.2) is 66.7 Å². The van der Waals surface area contributed by atoms with E-state index in [1.54, 1.807) is 32.0 Å². The number of carbonyl (C=O) groups excluding carboxylic acids is 4. The lowest BCUT2D eigenvalue weighted by Crippen LogP contribution is -2.47. The van der Waals surface area contributed by atoms with Crippen LogP contribution in [0.25, 0.3) is 10.8 Å². The van der Waals surface area contributed by atoms with Gasteiger partial charge in [0.2, 0.25) is 11.8 Å². The molecule has 186 valence electrons. The van der Waals surface area contributed by atoms with Crippen LogP contribution in [0.3, 0.4) is 0 Å². The average molecular weight is 491 g/mol. The van der Waals surface area contributed by atoms with Crippen molar-refractivity contribution >= 4 is 34.5 Å². The summed E-state index contributed by atoms with van der Waals surface area (Å²) in [5.41, 5.74) is 0.0128. The second-order valence-electron chi connectivity index (χ2n) is 8.82. The highest BCUT2D eigenvalue weighted by Crippen LogP contribution is 2.31. The summed E-state index contributed by atoms with van der Waals surface area (Å²) in [6.45, 7) is 3.00. The molecule has 4 rings (SSSR count). The highest BCUT2D eigenvalue weighted by Gasteiger charge is 2.49. The molecule has 3 aromatic carbocycles. The maximum Gasteiger partial charge on any atom is 0.325 e. The Kier molecular flexibility index (Phi) is 7.00. The zero-order valence-electron chi connectivity index (χ0n) is 20.1. The molecule has 8 nitrogen and oxygen atoms in total. The van der Waals surface area contributed by atoms with Gasteiger partial charge in [-0.3, -0.25) is 19.3 Å². The van der Waals surface area contributed by atoms with E-state index < -0.39 is 35.8 Å². The fraction of sp³-hybridized carbons (Fsp3) is 0.259. The Labute approximate surface area is 208 Å². The molecule has 36 heavy (non-hydrogen) atoms. The molecular formula is C27H27FN4O4. The molecule has 1 aliphatic rings. The van der Waals surface area contributed by atoms with Gasteiger partial charge in [-0.05, 0) is 53.9 Å². The number of hydrogen-bond donors (Lipinski definition) is 2. The second-order valence-corrected chi connectivity index (χ2v) is 8.82. The van der Waals surface area contributed by atoms with E-state index in [2.05, 4.69) is 10.6 Å². The van der Waals surface area contributed by atoms with Crippen LogP contribution in [-0.4, -0.2) is 53.2 Å². The lowest BCUT2D eigenvalue weighted by Gasteiger charge is -2.24. The van der Waals surface area contributed by atoms with E-state index in [9.17, 15) is 23.6 Å². The third kappa shape index (κ3) is 5.05. The number of amides is 5. The first-order valence-corrected chi connectivity index (χ1v) is 11.6. The minimum Gasteiger partial charge on any atom is -0.350 e. The SMILES string of the molecule is CCN(CC(=O)NCc1ccc(F)cc1)C(=O)CN1C(=O)N[C@@](C)(c2ccc3ccccc3c2)C1=O. The Hall–Kier alpha value is -4.27. The number of rotatable bonds is 8. The largest absolute Gasteiger partial charge is 0.350 e. The first-order valence-electron chi connectivity index (χ1n) is 11.6. The van der Waals surface area contributed by atoms with Crippen LogP contribution < -0.4 is 10.6 Å². The fourth-order valence-corrected chi connectivity index (χ4v) is 4.18. The minimum absolute atomic E-state index is 0.183. The van der Waals surface area contributed by atoms with Gasteiger partial charge in [-0.2, -0.15) is 0 Å². The van der Waals surface area contributed by atoms with Gasteiger partial charge in [-0.15, -0.1) is 0 Å². The van der Waals surface area contributed by atoms with E-state index >= 15 is 0 Å². The first kappa shape index (κ1) is 24.8. The molecule has 0 aliphatic carbocycles. The molecule has 0 radical (unpaired) electrons. The van der Waals surface area contributed by atoms with E-state index in [-0.39, 0.29) is 25.5 Å². The summed E-state index contributed by atoms with van der Waals surface area (Å²) in [7, 11) is 0. The summed E-state index contributed by atoms with van der Waals surface area (Å²) in [6.07, 6.45) is 0. The third-order valence-electron chi connectivity index (χ3n) is 6.37. The zero-order chi connectivity index (χ0) is 25.9. The lowest BCUT2D eigenvalue weighted by molar-refractivity contribution is -0.140. The second kappa shape index (κ2) is 10.2. The van der Waals surface area contributed by atoms with Crippen LogP contribution in [0.2, 0.25) is 0 Å². The van der Waals surface area contributed by atoms with Gasteiger partial charge in [0.15, 0.2) is 0 Å². The number of carbonyl (C=O) groups is 4. The number of imide groups is 1. The topological polar surface area (TPSA) is 98.8 Å². The summed E-state index contributed by atoms with van der Waals surface area (Å²) in [6, 6.07) is 18.3. The molecule has 0 aromatic heterocycles. The zero-order valence-corrected chi connectivity index (χ0v) is 20.1. The molecule has 2 N–H and O–H groups in total. The molecule has 9 heteroatoms. The predicted molar refractivity (Wildman–Crippen MR) is 132 cm³/mol. The quantitative estimate of drug-likeness (QED) is 0.475. The smallest absolute Gasteiger partial charge is 0.325 e. The highest BCUT2D eigenvalue weighted by atomic mass is 19.1. The van der Waals surface area contributed by atoms with E-state index in [4.69, 9.17) is 0 Å². The van der Waals surface area contributed by atoms with E-state index in [1.807, 2.05) is 36.4 Å². The number of nitrogens with zero attached hydrogens (tertiary/aromatic N) is 2. The molecule has 0 saturated carbocycles. The van der Waals surface area contributed by atoms with Crippen molar-refractivity contribution in [2.75, 3.05) is 19.6 Å². The van der Waals surface area contributed by atoms with Crippen molar-refractivity contribution < 1.29 is 23.6 Å². The standard InChI is InChI=1S/C27H27FN4O4/c1-3-31(16-23(33)29-15-18-8-12-22(28)13-9-18)24(34)17-32-25(35)27(2,30-26(32)36)21-11-10-19-6-4-5-7-20(19)14-21/h4-14H,3,15-17H2,1-2H3,(H,29,33)(H,30,36)/t27-/m0/s1. The van der Waals surface area contributed by atoms with Gasteiger partial charge >= 0.3 is 6.03 Å².